The molecule has 0 aromatic heterocycles. The Labute approximate surface area is 159 Å². The van der Waals surface area contributed by atoms with Crippen LogP contribution in [0, 0.1) is 0 Å². The third-order valence-electron chi connectivity index (χ3n) is 5.69. The molecule has 2 nitrogen and oxygen atoms in total. The zero-order valence-corrected chi connectivity index (χ0v) is 16.1. The molecule has 0 bridgehead atoms. The Morgan fingerprint density at radius 1 is 1.04 bits per heavy atom. The number of likely N-dealkylation sites (tertiary alicyclic amines) is 1. The van der Waals surface area contributed by atoms with E-state index in [1.165, 1.54) is 25.7 Å². The van der Waals surface area contributed by atoms with Gasteiger partial charge in [-0.05, 0) is 72.7 Å². The van der Waals surface area contributed by atoms with Gasteiger partial charge in [0.05, 0.1) is 5.69 Å². The van der Waals surface area contributed by atoms with E-state index in [4.69, 9.17) is 16.6 Å². The standard InChI is InChI=1S/C21H23ClN2S/c1-25-20(23-18-8-6-17(22)7-9-18)24-14-12-21(13-15-24)11-10-16-4-2-3-5-19(16)21/h2-9H,10-15H2,1H3. The minimum Gasteiger partial charge on any atom is -0.351 e. The number of benzene rings is 2. The molecule has 4 heteroatoms. The van der Waals surface area contributed by atoms with E-state index in [9.17, 15) is 0 Å². The second kappa shape index (κ2) is 7.05. The molecule has 0 saturated carbocycles. The van der Waals surface area contributed by atoms with Gasteiger partial charge in [0, 0.05) is 18.1 Å². The molecular weight excluding hydrogens is 348 g/mol. The van der Waals surface area contributed by atoms with Gasteiger partial charge < -0.3 is 4.90 Å². The summed E-state index contributed by atoms with van der Waals surface area (Å²) in [5.41, 5.74) is 4.54. The minimum atomic E-state index is 0.400. The SMILES string of the molecule is CSC(=Nc1ccc(Cl)cc1)N1CCC2(CCc3ccccc32)CC1. The molecule has 0 atom stereocenters. The number of hydrogen-bond donors (Lipinski definition) is 0. The van der Waals surface area contributed by atoms with Crippen molar-refractivity contribution in [3.05, 3.63) is 64.7 Å². The molecule has 25 heavy (non-hydrogen) atoms. The average molecular weight is 371 g/mol. The quantitative estimate of drug-likeness (QED) is 0.474. The molecule has 1 aliphatic carbocycles. The van der Waals surface area contributed by atoms with Gasteiger partial charge in [-0.15, -0.1) is 0 Å². The van der Waals surface area contributed by atoms with Crippen LogP contribution in [-0.2, 0) is 11.8 Å². The summed E-state index contributed by atoms with van der Waals surface area (Å²) < 4.78 is 0. The summed E-state index contributed by atoms with van der Waals surface area (Å²) in [4.78, 5) is 7.30. The number of rotatable bonds is 1. The smallest absolute Gasteiger partial charge is 0.164 e. The lowest BCUT2D eigenvalue weighted by Gasteiger charge is -2.41. The first-order chi connectivity index (χ1) is 12.2. The van der Waals surface area contributed by atoms with Crippen LogP contribution in [0.4, 0.5) is 5.69 Å². The molecule has 1 aliphatic heterocycles. The predicted molar refractivity (Wildman–Crippen MR) is 109 cm³/mol. The maximum atomic E-state index is 5.98. The number of amidine groups is 1. The van der Waals surface area contributed by atoms with Crippen LogP contribution >= 0.6 is 23.4 Å². The highest BCUT2D eigenvalue weighted by molar-refractivity contribution is 8.13. The van der Waals surface area contributed by atoms with E-state index in [1.807, 2.05) is 24.3 Å². The van der Waals surface area contributed by atoms with Crippen LogP contribution in [0.25, 0.3) is 0 Å². The Bertz CT molecular complexity index is 777. The van der Waals surface area contributed by atoms with E-state index < -0.39 is 0 Å². The number of aryl methyl sites for hydroxylation is 1. The van der Waals surface area contributed by atoms with Gasteiger partial charge in [-0.25, -0.2) is 4.99 Å². The van der Waals surface area contributed by atoms with Gasteiger partial charge in [-0.3, -0.25) is 0 Å². The topological polar surface area (TPSA) is 15.6 Å². The van der Waals surface area contributed by atoms with Crippen molar-refractivity contribution in [2.75, 3.05) is 19.3 Å². The molecule has 130 valence electrons. The molecule has 1 fully saturated rings. The monoisotopic (exact) mass is 370 g/mol. The van der Waals surface area contributed by atoms with Crippen molar-refractivity contribution in [1.29, 1.82) is 0 Å². The van der Waals surface area contributed by atoms with Crippen molar-refractivity contribution >= 4 is 34.2 Å². The van der Waals surface area contributed by atoms with Gasteiger partial charge in [0.1, 0.15) is 0 Å². The number of halogens is 1. The van der Waals surface area contributed by atoms with Crippen molar-refractivity contribution in [2.45, 2.75) is 31.1 Å². The van der Waals surface area contributed by atoms with Crippen LogP contribution in [0.15, 0.2) is 53.5 Å². The third kappa shape index (κ3) is 3.32. The summed E-state index contributed by atoms with van der Waals surface area (Å²) in [5.74, 6) is 0. The van der Waals surface area contributed by atoms with E-state index in [0.29, 0.717) is 5.41 Å². The number of hydrogen-bond acceptors (Lipinski definition) is 2. The Morgan fingerprint density at radius 3 is 2.48 bits per heavy atom. The first kappa shape index (κ1) is 17.0. The number of aliphatic imine (C=N–C) groups is 1. The molecule has 2 aromatic carbocycles. The maximum Gasteiger partial charge on any atom is 0.164 e. The Hall–Kier alpha value is -1.45. The van der Waals surface area contributed by atoms with Gasteiger partial charge in [-0.2, -0.15) is 0 Å². The van der Waals surface area contributed by atoms with Crippen molar-refractivity contribution < 1.29 is 0 Å². The molecule has 0 unspecified atom stereocenters. The first-order valence-corrected chi connectivity index (χ1v) is 10.5. The molecule has 0 amide bonds. The van der Waals surface area contributed by atoms with Crippen molar-refractivity contribution in [2.24, 2.45) is 4.99 Å². The highest BCUT2D eigenvalue weighted by Crippen LogP contribution is 2.46. The van der Waals surface area contributed by atoms with Crippen LogP contribution in [-0.4, -0.2) is 29.4 Å². The Morgan fingerprint density at radius 2 is 1.76 bits per heavy atom. The zero-order chi connectivity index (χ0) is 17.3. The predicted octanol–water partition coefficient (Wildman–Crippen LogP) is 5.67. The zero-order valence-electron chi connectivity index (χ0n) is 14.5. The van der Waals surface area contributed by atoms with Gasteiger partial charge in [0.25, 0.3) is 0 Å². The van der Waals surface area contributed by atoms with Gasteiger partial charge in [-0.1, -0.05) is 47.6 Å². The first-order valence-electron chi connectivity index (χ1n) is 8.92. The largest absolute Gasteiger partial charge is 0.351 e. The van der Waals surface area contributed by atoms with Crippen LogP contribution in [0.5, 0.6) is 0 Å². The number of piperidine rings is 1. The number of nitrogens with zero attached hydrogens (tertiary/aromatic N) is 2. The average Bonchev–Trinajstić information content (AvgIpc) is 3.01. The Kier molecular flexibility index (Phi) is 4.79. The number of fused-ring (bicyclic) bond motifs is 2. The van der Waals surface area contributed by atoms with Crippen LogP contribution in [0.2, 0.25) is 5.02 Å². The van der Waals surface area contributed by atoms with Crippen LogP contribution in [0.1, 0.15) is 30.4 Å². The molecule has 4 rings (SSSR count). The van der Waals surface area contributed by atoms with Gasteiger partial charge >= 0.3 is 0 Å². The molecule has 1 saturated heterocycles. The fraction of sp³-hybridized carbons (Fsp3) is 0.381. The van der Waals surface area contributed by atoms with Gasteiger partial charge in [0.2, 0.25) is 0 Å². The maximum absolute atomic E-state index is 5.98. The normalized spacial score (nSPS) is 19.3. The van der Waals surface area contributed by atoms with Crippen LogP contribution in [0.3, 0.4) is 0 Å². The minimum absolute atomic E-state index is 0.400. The van der Waals surface area contributed by atoms with Crippen LogP contribution < -0.4 is 0 Å². The molecular formula is C21H23ClN2S. The van der Waals surface area contributed by atoms with E-state index in [1.54, 1.807) is 22.9 Å². The summed E-state index contributed by atoms with van der Waals surface area (Å²) >= 11 is 7.71. The third-order valence-corrected chi connectivity index (χ3v) is 6.65. The second-order valence-electron chi connectivity index (χ2n) is 7.00. The molecule has 2 aliphatic rings. The van der Waals surface area contributed by atoms with Crippen molar-refractivity contribution in [1.82, 2.24) is 4.90 Å². The molecule has 1 heterocycles. The molecule has 0 radical (unpaired) electrons. The van der Waals surface area contributed by atoms with E-state index in [2.05, 4.69) is 35.4 Å². The molecule has 0 N–H and O–H groups in total. The van der Waals surface area contributed by atoms with E-state index in [-0.39, 0.29) is 0 Å². The van der Waals surface area contributed by atoms with E-state index >= 15 is 0 Å². The molecule has 1 spiro atoms. The summed E-state index contributed by atoms with van der Waals surface area (Å²) in [6.45, 7) is 2.17. The number of thioether (sulfide) groups is 1. The van der Waals surface area contributed by atoms with Crippen molar-refractivity contribution in [3.8, 4) is 0 Å². The Balaban J connectivity index is 1.50. The summed E-state index contributed by atoms with van der Waals surface area (Å²) in [5, 5.41) is 1.87. The summed E-state index contributed by atoms with van der Waals surface area (Å²) in [6.07, 6.45) is 7.12. The highest BCUT2D eigenvalue weighted by Gasteiger charge is 2.41. The summed E-state index contributed by atoms with van der Waals surface area (Å²) in [6, 6.07) is 16.8. The fourth-order valence-electron chi connectivity index (χ4n) is 4.28. The van der Waals surface area contributed by atoms with Crippen molar-refractivity contribution in [3.63, 3.8) is 0 Å². The lowest BCUT2D eigenvalue weighted by Crippen LogP contribution is -2.43. The second-order valence-corrected chi connectivity index (χ2v) is 8.21. The lowest BCUT2D eigenvalue weighted by molar-refractivity contribution is 0.227. The van der Waals surface area contributed by atoms with Gasteiger partial charge in [0.15, 0.2) is 5.17 Å². The highest BCUT2D eigenvalue weighted by atomic mass is 35.5. The van der Waals surface area contributed by atoms with E-state index in [0.717, 1.165) is 29.0 Å². The molecule has 2 aromatic rings. The lowest BCUT2D eigenvalue weighted by atomic mass is 9.74. The summed E-state index contributed by atoms with van der Waals surface area (Å²) in [7, 11) is 0. The fourth-order valence-corrected chi connectivity index (χ4v) is 5.04.